The molecule has 0 spiro atoms. The summed E-state index contributed by atoms with van der Waals surface area (Å²) in [5.41, 5.74) is 3.62. The average Bonchev–Trinajstić information content (AvgIpc) is 3.34. The zero-order chi connectivity index (χ0) is 18.6. The van der Waals surface area contributed by atoms with Crippen molar-refractivity contribution in [2.45, 2.75) is 38.8 Å². The lowest BCUT2D eigenvalue weighted by Crippen LogP contribution is -2.46. The third kappa shape index (κ3) is 4.40. The molecule has 0 saturated carbocycles. The van der Waals surface area contributed by atoms with Crippen molar-refractivity contribution in [1.82, 2.24) is 20.1 Å². The highest BCUT2D eigenvalue weighted by molar-refractivity contribution is 7.14. The summed E-state index contributed by atoms with van der Waals surface area (Å²) in [6.07, 6.45) is 5.00. The second-order valence-corrected chi connectivity index (χ2v) is 8.80. The normalized spacial score (nSPS) is 17.7. The van der Waals surface area contributed by atoms with Crippen molar-refractivity contribution >= 4 is 34.3 Å². The van der Waals surface area contributed by atoms with Crippen LogP contribution in [0.3, 0.4) is 0 Å². The molecule has 1 saturated heterocycles. The summed E-state index contributed by atoms with van der Waals surface area (Å²) in [6.45, 7) is 3.67. The van der Waals surface area contributed by atoms with Gasteiger partial charge in [0.2, 0.25) is 5.91 Å². The number of anilines is 1. The molecule has 3 heterocycles. The van der Waals surface area contributed by atoms with Crippen LogP contribution < -0.4 is 5.32 Å². The van der Waals surface area contributed by atoms with Crippen molar-refractivity contribution in [3.8, 4) is 10.6 Å². The molecule has 0 radical (unpaired) electrons. The SMILES string of the molecule is Cc1nnc(-c2cccc(NC(=O)[C@H]3CCCCN3Cc3cncs3)c2)s1. The monoisotopic (exact) mass is 399 g/mol. The molecular weight excluding hydrogens is 378 g/mol. The van der Waals surface area contributed by atoms with E-state index in [0.717, 1.165) is 53.6 Å². The second kappa shape index (κ2) is 8.24. The lowest BCUT2D eigenvalue weighted by atomic mass is 10.0. The van der Waals surface area contributed by atoms with Crippen molar-refractivity contribution in [2.24, 2.45) is 0 Å². The average molecular weight is 400 g/mol. The van der Waals surface area contributed by atoms with Crippen molar-refractivity contribution in [3.05, 3.63) is 45.9 Å². The van der Waals surface area contributed by atoms with Crippen molar-refractivity contribution in [3.63, 3.8) is 0 Å². The number of aromatic nitrogens is 3. The van der Waals surface area contributed by atoms with Gasteiger partial charge in [0.1, 0.15) is 10.0 Å². The lowest BCUT2D eigenvalue weighted by Gasteiger charge is -2.34. The molecule has 1 aromatic carbocycles. The van der Waals surface area contributed by atoms with Crippen molar-refractivity contribution < 1.29 is 4.79 Å². The molecule has 4 rings (SSSR count). The third-order valence-corrected chi connectivity index (χ3v) is 6.31. The highest BCUT2D eigenvalue weighted by Gasteiger charge is 2.29. The van der Waals surface area contributed by atoms with E-state index in [9.17, 15) is 4.79 Å². The van der Waals surface area contributed by atoms with E-state index in [1.165, 1.54) is 4.88 Å². The lowest BCUT2D eigenvalue weighted by molar-refractivity contribution is -0.122. The largest absolute Gasteiger partial charge is 0.325 e. The van der Waals surface area contributed by atoms with E-state index >= 15 is 0 Å². The van der Waals surface area contributed by atoms with E-state index in [1.54, 1.807) is 22.7 Å². The van der Waals surface area contributed by atoms with E-state index in [1.807, 2.05) is 42.9 Å². The van der Waals surface area contributed by atoms with Gasteiger partial charge in [0.15, 0.2) is 0 Å². The number of nitrogens with zero attached hydrogens (tertiary/aromatic N) is 4. The number of rotatable bonds is 5. The maximum atomic E-state index is 13.0. The Kier molecular flexibility index (Phi) is 5.56. The molecule has 1 fully saturated rings. The number of aryl methyl sites for hydroxylation is 1. The van der Waals surface area contributed by atoms with E-state index in [4.69, 9.17) is 0 Å². The molecule has 27 heavy (non-hydrogen) atoms. The van der Waals surface area contributed by atoms with Crippen LogP contribution in [0, 0.1) is 6.92 Å². The molecule has 6 nitrogen and oxygen atoms in total. The van der Waals surface area contributed by atoms with Crippen LogP contribution in [0.5, 0.6) is 0 Å². The molecule has 3 aromatic rings. The summed E-state index contributed by atoms with van der Waals surface area (Å²) in [5.74, 6) is 0.0600. The summed E-state index contributed by atoms with van der Waals surface area (Å²) in [5, 5.41) is 13.2. The first-order valence-electron chi connectivity index (χ1n) is 9.02. The van der Waals surface area contributed by atoms with Gasteiger partial charge in [0.05, 0.1) is 11.6 Å². The minimum absolute atomic E-state index is 0.0600. The standard InChI is InChI=1S/C19H21N5OS2/c1-13-22-23-19(27-13)14-5-4-6-15(9-14)21-18(25)17-7-2-3-8-24(17)11-16-10-20-12-26-16/h4-6,9-10,12,17H,2-3,7-8,11H2,1H3,(H,21,25)/t17-/m1/s1. The number of carbonyl (C=O) groups is 1. The highest BCUT2D eigenvalue weighted by atomic mass is 32.1. The van der Waals surface area contributed by atoms with Crippen LogP contribution in [-0.4, -0.2) is 38.6 Å². The third-order valence-electron chi connectivity index (χ3n) is 4.66. The predicted octanol–water partition coefficient (Wildman–Crippen LogP) is 3.96. The van der Waals surface area contributed by atoms with Gasteiger partial charge in [-0.1, -0.05) is 29.9 Å². The number of benzene rings is 1. The van der Waals surface area contributed by atoms with Gasteiger partial charge in [-0.05, 0) is 38.4 Å². The zero-order valence-corrected chi connectivity index (χ0v) is 16.7. The Morgan fingerprint density at radius 1 is 1.33 bits per heavy atom. The Bertz CT molecular complexity index is 908. The molecule has 1 N–H and O–H groups in total. The van der Waals surface area contributed by atoms with Crippen molar-refractivity contribution in [2.75, 3.05) is 11.9 Å². The summed E-state index contributed by atoms with van der Waals surface area (Å²) in [7, 11) is 0. The van der Waals surface area contributed by atoms with Gasteiger partial charge in [-0.15, -0.1) is 21.5 Å². The minimum Gasteiger partial charge on any atom is -0.325 e. The Labute approximate surface area is 166 Å². The molecule has 1 aliphatic rings. The fourth-order valence-corrected chi connectivity index (χ4v) is 4.67. The topological polar surface area (TPSA) is 71.0 Å². The van der Waals surface area contributed by atoms with E-state index in [0.29, 0.717) is 0 Å². The van der Waals surface area contributed by atoms with Gasteiger partial charge in [-0.2, -0.15) is 0 Å². The van der Waals surface area contributed by atoms with E-state index in [2.05, 4.69) is 25.4 Å². The van der Waals surface area contributed by atoms with Gasteiger partial charge >= 0.3 is 0 Å². The fourth-order valence-electron chi connectivity index (χ4n) is 3.37. The van der Waals surface area contributed by atoms with Gasteiger partial charge < -0.3 is 5.32 Å². The summed E-state index contributed by atoms with van der Waals surface area (Å²) < 4.78 is 0. The first-order chi connectivity index (χ1) is 13.2. The minimum atomic E-state index is -0.103. The Morgan fingerprint density at radius 2 is 2.26 bits per heavy atom. The summed E-state index contributed by atoms with van der Waals surface area (Å²) in [4.78, 5) is 20.6. The number of piperidine rings is 1. The molecule has 2 aromatic heterocycles. The number of likely N-dealkylation sites (tertiary alicyclic amines) is 1. The van der Waals surface area contributed by atoms with Crippen LogP contribution in [0.2, 0.25) is 0 Å². The Morgan fingerprint density at radius 3 is 3.04 bits per heavy atom. The van der Waals surface area contributed by atoms with Crippen LogP contribution >= 0.6 is 22.7 Å². The first-order valence-corrected chi connectivity index (χ1v) is 10.7. The van der Waals surface area contributed by atoms with E-state index < -0.39 is 0 Å². The smallest absolute Gasteiger partial charge is 0.241 e. The molecule has 8 heteroatoms. The highest BCUT2D eigenvalue weighted by Crippen LogP contribution is 2.27. The molecular formula is C19H21N5OS2. The molecule has 1 amide bonds. The summed E-state index contributed by atoms with van der Waals surface area (Å²) in [6, 6.07) is 7.72. The van der Waals surface area contributed by atoms with Gasteiger partial charge in [-0.3, -0.25) is 14.7 Å². The number of hydrogen-bond acceptors (Lipinski definition) is 7. The van der Waals surface area contributed by atoms with Crippen molar-refractivity contribution in [1.29, 1.82) is 0 Å². The predicted molar refractivity (Wildman–Crippen MR) is 109 cm³/mol. The number of nitrogens with one attached hydrogen (secondary N) is 1. The number of hydrogen-bond donors (Lipinski definition) is 1. The second-order valence-electron chi connectivity index (χ2n) is 6.65. The van der Waals surface area contributed by atoms with Gasteiger partial charge in [-0.25, -0.2) is 0 Å². The molecule has 0 unspecified atom stereocenters. The molecule has 0 aliphatic carbocycles. The Hall–Kier alpha value is -2.16. The quantitative estimate of drug-likeness (QED) is 0.703. The molecule has 1 atom stereocenters. The van der Waals surface area contributed by atoms with Crippen LogP contribution in [-0.2, 0) is 11.3 Å². The Balaban J connectivity index is 1.47. The first kappa shape index (κ1) is 18.2. The maximum Gasteiger partial charge on any atom is 0.241 e. The van der Waals surface area contributed by atoms with Crippen LogP contribution in [0.15, 0.2) is 36.0 Å². The van der Waals surface area contributed by atoms with Crippen LogP contribution in [0.4, 0.5) is 5.69 Å². The van der Waals surface area contributed by atoms with Crippen LogP contribution in [0.25, 0.3) is 10.6 Å². The van der Waals surface area contributed by atoms with Gasteiger partial charge in [0, 0.05) is 28.9 Å². The zero-order valence-electron chi connectivity index (χ0n) is 15.1. The number of thiazole rings is 1. The van der Waals surface area contributed by atoms with Gasteiger partial charge in [0.25, 0.3) is 0 Å². The fraction of sp³-hybridized carbons (Fsp3) is 0.368. The summed E-state index contributed by atoms with van der Waals surface area (Å²) >= 11 is 3.19. The van der Waals surface area contributed by atoms with E-state index in [-0.39, 0.29) is 11.9 Å². The van der Waals surface area contributed by atoms with Crippen LogP contribution in [0.1, 0.15) is 29.1 Å². The number of carbonyl (C=O) groups excluding carboxylic acids is 1. The molecule has 0 bridgehead atoms. The maximum absolute atomic E-state index is 13.0. The molecule has 1 aliphatic heterocycles. The molecule has 140 valence electrons. The number of amides is 1.